The number of carbonyl (C=O) groups excluding carboxylic acids is 2. The lowest BCUT2D eigenvalue weighted by atomic mass is 9.75. The first-order chi connectivity index (χ1) is 14.8. The van der Waals surface area contributed by atoms with Gasteiger partial charge in [0.15, 0.2) is 5.78 Å². The third-order valence-corrected chi connectivity index (χ3v) is 6.13. The summed E-state index contributed by atoms with van der Waals surface area (Å²) < 4.78 is 7.23. The zero-order chi connectivity index (χ0) is 22.0. The maximum atomic E-state index is 12.6. The van der Waals surface area contributed by atoms with Crippen LogP contribution in [0.15, 0.2) is 24.3 Å². The number of nitrogens with one attached hydrogen (secondary N) is 1. The van der Waals surface area contributed by atoms with Crippen molar-refractivity contribution < 1.29 is 14.3 Å². The summed E-state index contributed by atoms with van der Waals surface area (Å²) in [5, 5.41) is 7.64. The number of amides is 1. The Morgan fingerprint density at radius 1 is 1.16 bits per heavy atom. The molecule has 31 heavy (non-hydrogen) atoms. The molecule has 7 heteroatoms. The van der Waals surface area contributed by atoms with Gasteiger partial charge in [0, 0.05) is 31.6 Å². The number of fused-ring (bicyclic) bond motifs is 1. The molecule has 1 amide bonds. The fourth-order valence-corrected chi connectivity index (χ4v) is 4.54. The molecular formula is C24H32N4O3. The molecular weight excluding hydrogens is 392 g/mol. The van der Waals surface area contributed by atoms with Gasteiger partial charge in [0.1, 0.15) is 0 Å². The van der Waals surface area contributed by atoms with E-state index in [2.05, 4.69) is 29.2 Å². The predicted octanol–water partition coefficient (Wildman–Crippen LogP) is 2.79. The fraction of sp³-hybridized carbons (Fsp3) is 0.542. The van der Waals surface area contributed by atoms with Crippen LogP contribution < -0.4 is 5.32 Å². The smallest absolute Gasteiger partial charge is 0.251 e. The van der Waals surface area contributed by atoms with E-state index in [0.29, 0.717) is 18.5 Å². The number of nitrogens with zero attached hydrogens (tertiary/aromatic N) is 3. The molecule has 0 saturated carbocycles. The van der Waals surface area contributed by atoms with Gasteiger partial charge in [-0.3, -0.25) is 14.5 Å². The summed E-state index contributed by atoms with van der Waals surface area (Å²) in [6.45, 7) is 11.3. The van der Waals surface area contributed by atoms with E-state index in [-0.39, 0.29) is 17.1 Å². The highest BCUT2D eigenvalue weighted by atomic mass is 16.5. The highest BCUT2D eigenvalue weighted by molar-refractivity contribution is 6.00. The van der Waals surface area contributed by atoms with E-state index in [1.807, 2.05) is 35.9 Å². The summed E-state index contributed by atoms with van der Waals surface area (Å²) in [5.41, 5.74) is 3.94. The first-order valence-corrected chi connectivity index (χ1v) is 11.1. The van der Waals surface area contributed by atoms with Crippen molar-refractivity contribution in [1.29, 1.82) is 0 Å². The maximum absolute atomic E-state index is 12.6. The summed E-state index contributed by atoms with van der Waals surface area (Å²) in [6, 6.07) is 7.46. The minimum absolute atomic E-state index is 0.0662. The van der Waals surface area contributed by atoms with E-state index in [4.69, 9.17) is 4.74 Å². The second-order valence-electron chi connectivity index (χ2n) is 9.37. The molecule has 1 N–H and O–H groups in total. The number of aromatic nitrogens is 2. The summed E-state index contributed by atoms with van der Waals surface area (Å²) in [5.74, 6) is 0.103. The van der Waals surface area contributed by atoms with Crippen LogP contribution in [0.25, 0.3) is 5.69 Å². The Balaban J connectivity index is 1.39. The van der Waals surface area contributed by atoms with Crippen LogP contribution in [-0.4, -0.2) is 65.8 Å². The minimum atomic E-state index is -0.0741. The van der Waals surface area contributed by atoms with Crippen LogP contribution >= 0.6 is 0 Å². The molecule has 1 aliphatic carbocycles. The minimum Gasteiger partial charge on any atom is -0.379 e. The van der Waals surface area contributed by atoms with Crippen molar-refractivity contribution in [2.45, 2.75) is 40.0 Å². The van der Waals surface area contributed by atoms with Gasteiger partial charge in [-0.1, -0.05) is 13.8 Å². The summed E-state index contributed by atoms with van der Waals surface area (Å²) in [7, 11) is 0. The van der Waals surface area contributed by atoms with Crippen molar-refractivity contribution in [2.75, 3.05) is 39.4 Å². The quantitative estimate of drug-likeness (QED) is 0.722. The lowest BCUT2D eigenvalue weighted by Crippen LogP contribution is -2.38. The molecule has 0 radical (unpaired) electrons. The molecule has 4 rings (SSSR count). The van der Waals surface area contributed by atoms with E-state index in [9.17, 15) is 9.59 Å². The number of Topliss-reactive ketones (excluding diaryl/α,β-unsaturated/α-hetero) is 1. The van der Waals surface area contributed by atoms with E-state index < -0.39 is 0 Å². The largest absolute Gasteiger partial charge is 0.379 e. The maximum Gasteiger partial charge on any atom is 0.251 e. The summed E-state index contributed by atoms with van der Waals surface area (Å²) in [4.78, 5) is 27.5. The first-order valence-electron chi connectivity index (χ1n) is 11.1. The van der Waals surface area contributed by atoms with Crippen LogP contribution in [0.4, 0.5) is 0 Å². The van der Waals surface area contributed by atoms with Crippen molar-refractivity contribution >= 4 is 11.7 Å². The zero-order valence-electron chi connectivity index (χ0n) is 18.7. The Morgan fingerprint density at radius 3 is 2.58 bits per heavy atom. The zero-order valence-corrected chi connectivity index (χ0v) is 18.7. The molecule has 1 saturated heterocycles. The number of rotatable bonds is 6. The Labute approximate surface area is 183 Å². The standard InChI is InChI=1S/C24H32N4O3/c1-17-22-20(15-24(2,3)16-21(22)29)28(26-17)19-7-5-18(6-8-19)23(30)25-9-4-10-27-11-13-31-14-12-27/h5-8H,4,9-16H2,1-3H3,(H,25,30). The highest BCUT2D eigenvalue weighted by Crippen LogP contribution is 2.36. The average Bonchev–Trinajstić information content (AvgIpc) is 3.07. The monoisotopic (exact) mass is 424 g/mol. The molecule has 1 aromatic carbocycles. The molecule has 166 valence electrons. The first kappa shape index (κ1) is 21.7. The number of hydrogen-bond donors (Lipinski definition) is 1. The predicted molar refractivity (Wildman–Crippen MR) is 119 cm³/mol. The van der Waals surface area contributed by atoms with E-state index in [1.165, 1.54) is 0 Å². The topological polar surface area (TPSA) is 76.5 Å². The van der Waals surface area contributed by atoms with Crippen molar-refractivity contribution in [2.24, 2.45) is 5.41 Å². The lowest BCUT2D eigenvalue weighted by molar-refractivity contribution is 0.0374. The van der Waals surface area contributed by atoms with Gasteiger partial charge in [0.05, 0.1) is 35.9 Å². The van der Waals surface area contributed by atoms with Crippen molar-refractivity contribution in [3.8, 4) is 5.69 Å². The number of carbonyl (C=O) groups is 2. The van der Waals surface area contributed by atoms with Crippen LogP contribution in [-0.2, 0) is 11.2 Å². The number of hydrogen-bond acceptors (Lipinski definition) is 5. The van der Waals surface area contributed by atoms with Gasteiger partial charge in [-0.2, -0.15) is 5.10 Å². The lowest BCUT2D eigenvalue weighted by Gasteiger charge is -2.29. The van der Waals surface area contributed by atoms with Gasteiger partial charge in [-0.05, 0) is 56.0 Å². The number of morpholine rings is 1. The average molecular weight is 425 g/mol. The molecule has 1 aliphatic heterocycles. The third kappa shape index (κ3) is 4.88. The Hall–Kier alpha value is -2.51. The molecule has 7 nitrogen and oxygen atoms in total. The Bertz CT molecular complexity index is 956. The third-order valence-electron chi connectivity index (χ3n) is 6.13. The summed E-state index contributed by atoms with van der Waals surface area (Å²) >= 11 is 0. The molecule has 1 aromatic heterocycles. The van der Waals surface area contributed by atoms with E-state index in [0.717, 1.165) is 68.3 Å². The van der Waals surface area contributed by atoms with Gasteiger partial charge in [0.25, 0.3) is 5.91 Å². The number of ketones is 1. The molecule has 0 unspecified atom stereocenters. The second-order valence-corrected chi connectivity index (χ2v) is 9.37. The Kier molecular flexibility index (Phi) is 6.25. The van der Waals surface area contributed by atoms with Gasteiger partial charge in [-0.25, -0.2) is 4.68 Å². The van der Waals surface area contributed by atoms with Gasteiger partial charge in [-0.15, -0.1) is 0 Å². The van der Waals surface area contributed by atoms with Crippen LogP contribution in [0.3, 0.4) is 0 Å². The molecule has 2 aromatic rings. The molecule has 1 fully saturated rings. The molecule has 2 heterocycles. The van der Waals surface area contributed by atoms with Gasteiger partial charge >= 0.3 is 0 Å². The van der Waals surface area contributed by atoms with Gasteiger partial charge < -0.3 is 10.1 Å². The second kappa shape index (κ2) is 8.93. The van der Waals surface area contributed by atoms with Crippen molar-refractivity contribution in [1.82, 2.24) is 20.0 Å². The van der Waals surface area contributed by atoms with Crippen LogP contribution in [0, 0.1) is 12.3 Å². The normalized spacial score (nSPS) is 18.6. The summed E-state index contributed by atoms with van der Waals surface area (Å²) in [6.07, 6.45) is 2.28. The molecule has 0 bridgehead atoms. The van der Waals surface area contributed by atoms with Crippen LogP contribution in [0.5, 0.6) is 0 Å². The molecule has 0 spiro atoms. The Morgan fingerprint density at radius 2 is 1.87 bits per heavy atom. The van der Waals surface area contributed by atoms with Crippen LogP contribution in [0.2, 0.25) is 0 Å². The molecule has 0 atom stereocenters. The molecule has 2 aliphatic rings. The van der Waals surface area contributed by atoms with Gasteiger partial charge in [0.2, 0.25) is 0 Å². The van der Waals surface area contributed by atoms with E-state index in [1.54, 1.807) is 0 Å². The number of ether oxygens (including phenoxy) is 1. The number of benzene rings is 1. The van der Waals surface area contributed by atoms with Crippen molar-refractivity contribution in [3.63, 3.8) is 0 Å². The van der Waals surface area contributed by atoms with Crippen LogP contribution in [0.1, 0.15) is 58.8 Å². The number of aryl methyl sites for hydroxylation is 1. The fourth-order valence-electron chi connectivity index (χ4n) is 4.54. The SMILES string of the molecule is Cc1nn(-c2ccc(C(=O)NCCCN3CCOCC3)cc2)c2c1C(=O)CC(C)(C)C2. The highest BCUT2D eigenvalue weighted by Gasteiger charge is 2.35. The van der Waals surface area contributed by atoms with Crippen molar-refractivity contribution in [3.05, 3.63) is 46.8 Å². The van der Waals surface area contributed by atoms with E-state index >= 15 is 0 Å².